The molecule has 0 saturated heterocycles. The first-order chi connectivity index (χ1) is 6.56. The Morgan fingerprint density at radius 1 is 1.47 bits per heavy atom. The summed E-state index contributed by atoms with van der Waals surface area (Å²) in [5, 5.41) is 18.8. The largest absolute Gasteiger partial charge is 0.508 e. The number of aliphatic hydroxyl groups is 1. The van der Waals surface area contributed by atoms with Crippen molar-refractivity contribution in [3.8, 4) is 5.75 Å². The van der Waals surface area contributed by atoms with Gasteiger partial charge in [0.2, 0.25) is 0 Å². The van der Waals surface area contributed by atoms with E-state index in [1.54, 1.807) is 6.92 Å². The number of benzene rings is 1. The zero-order chi connectivity index (χ0) is 10.7. The molecule has 0 aliphatic heterocycles. The molecular weight excluding hydrogens is 221 g/mol. The van der Waals surface area contributed by atoms with E-state index in [2.05, 4.69) is 0 Å². The van der Waals surface area contributed by atoms with E-state index in [-0.39, 0.29) is 23.7 Å². The molecule has 2 atom stereocenters. The Balaban J connectivity index is 0.00000196. The molecule has 1 rings (SSSR count). The summed E-state index contributed by atoms with van der Waals surface area (Å²) in [6.45, 7) is 1.76. The topological polar surface area (TPSA) is 66.5 Å². The molecule has 0 aliphatic carbocycles. The maximum Gasteiger partial charge on any atom is 0.123 e. The molecule has 0 spiro atoms. The molecule has 0 bridgehead atoms. The smallest absolute Gasteiger partial charge is 0.123 e. The van der Waals surface area contributed by atoms with Crippen molar-refractivity contribution < 1.29 is 14.6 Å². The highest BCUT2D eigenvalue weighted by Gasteiger charge is 2.18. The van der Waals surface area contributed by atoms with Crippen LogP contribution < -0.4 is 5.73 Å². The third-order valence-corrected chi connectivity index (χ3v) is 2.18. The van der Waals surface area contributed by atoms with Gasteiger partial charge in [0.1, 0.15) is 11.6 Å². The van der Waals surface area contributed by atoms with E-state index in [4.69, 9.17) is 5.73 Å². The number of phenolic OH excluding ortho intramolecular Hbond substituents is 1. The van der Waals surface area contributed by atoms with Gasteiger partial charge in [-0.2, -0.15) is 0 Å². The molecule has 0 saturated carbocycles. The molecule has 4 N–H and O–H groups in total. The van der Waals surface area contributed by atoms with Gasteiger partial charge in [-0.05, 0) is 24.6 Å². The maximum absolute atomic E-state index is 12.8. The number of rotatable bonds is 3. The zero-order valence-electron chi connectivity index (χ0n) is 8.35. The lowest BCUT2D eigenvalue weighted by Crippen LogP contribution is -2.25. The van der Waals surface area contributed by atoms with Crippen molar-refractivity contribution in [3.05, 3.63) is 29.6 Å². The zero-order valence-corrected chi connectivity index (χ0v) is 9.17. The lowest BCUT2D eigenvalue weighted by molar-refractivity contribution is 0.139. The van der Waals surface area contributed by atoms with Crippen LogP contribution in [0.25, 0.3) is 0 Å². The number of halogens is 2. The van der Waals surface area contributed by atoms with Crippen LogP contribution in [-0.2, 0) is 0 Å². The fourth-order valence-corrected chi connectivity index (χ4v) is 1.25. The molecule has 15 heavy (non-hydrogen) atoms. The van der Waals surface area contributed by atoms with Crippen molar-refractivity contribution in [1.29, 1.82) is 0 Å². The molecule has 1 aromatic carbocycles. The van der Waals surface area contributed by atoms with E-state index in [9.17, 15) is 14.6 Å². The van der Waals surface area contributed by atoms with Crippen molar-refractivity contribution in [1.82, 2.24) is 0 Å². The van der Waals surface area contributed by atoms with Crippen molar-refractivity contribution in [2.24, 2.45) is 5.73 Å². The van der Waals surface area contributed by atoms with Gasteiger partial charge in [0.25, 0.3) is 0 Å². The Morgan fingerprint density at radius 2 is 2.07 bits per heavy atom. The van der Waals surface area contributed by atoms with Gasteiger partial charge < -0.3 is 15.9 Å². The lowest BCUT2D eigenvalue weighted by atomic mass is 10.00. The fourth-order valence-electron chi connectivity index (χ4n) is 1.25. The van der Waals surface area contributed by atoms with E-state index in [1.165, 1.54) is 6.07 Å². The third kappa shape index (κ3) is 3.34. The van der Waals surface area contributed by atoms with Crippen LogP contribution in [0.3, 0.4) is 0 Å². The van der Waals surface area contributed by atoms with Gasteiger partial charge in [-0.1, -0.05) is 6.92 Å². The van der Waals surface area contributed by atoms with Gasteiger partial charge in [-0.15, -0.1) is 12.4 Å². The average Bonchev–Trinajstić information content (AvgIpc) is 2.19. The maximum atomic E-state index is 12.8. The second kappa shape index (κ2) is 5.90. The van der Waals surface area contributed by atoms with Crippen LogP contribution in [0.2, 0.25) is 0 Å². The first-order valence-corrected chi connectivity index (χ1v) is 4.48. The Kier molecular flexibility index (Phi) is 5.57. The summed E-state index contributed by atoms with van der Waals surface area (Å²) in [4.78, 5) is 0. The van der Waals surface area contributed by atoms with Crippen LogP contribution in [0, 0.1) is 5.82 Å². The van der Waals surface area contributed by atoms with Gasteiger partial charge in [0.15, 0.2) is 0 Å². The minimum absolute atomic E-state index is 0. The fraction of sp³-hybridized carbons (Fsp3) is 0.400. The van der Waals surface area contributed by atoms with Gasteiger partial charge in [-0.3, -0.25) is 0 Å². The molecule has 86 valence electrons. The minimum Gasteiger partial charge on any atom is -0.508 e. The summed E-state index contributed by atoms with van der Waals surface area (Å²) in [6.07, 6.45) is -0.320. The van der Waals surface area contributed by atoms with Gasteiger partial charge in [0.05, 0.1) is 12.1 Å². The predicted octanol–water partition coefficient (Wildman–Crippen LogP) is 1.72. The predicted molar refractivity (Wildman–Crippen MR) is 58.5 cm³/mol. The van der Waals surface area contributed by atoms with Crippen molar-refractivity contribution >= 4 is 12.4 Å². The van der Waals surface area contributed by atoms with Crippen molar-refractivity contribution in [3.63, 3.8) is 0 Å². The molecule has 0 heterocycles. The molecule has 0 fully saturated rings. The van der Waals surface area contributed by atoms with Crippen LogP contribution in [0.5, 0.6) is 5.75 Å². The standard InChI is InChI=1S/C10H14FNO2.ClH/c1-2-8(13)10(12)7-5-6(11)3-4-9(7)14;/h3-5,8,10,13-14H,2,12H2,1H3;1H/t8-,10+;/m0./s1. The number of aromatic hydroxyl groups is 1. The third-order valence-electron chi connectivity index (χ3n) is 2.18. The summed E-state index contributed by atoms with van der Waals surface area (Å²) in [5.74, 6) is -0.567. The van der Waals surface area contributed by atoms with Crippen molar-refractivity contribution in [2.45, 2.75) is 25.5 Å². The van der Waals surface area contributed by atoms with Gasteiger partial charge in [-0.25, -0.2) is 4.39 Å². The van der Waals surface area contributed by atoms with Crippen LogP contribution in [0.15, 0.2) is 18.2 Å². The summed E-state index contributed by atoms with van der Waals surface area (Å²) < 4.78 is 12.8. The molecule has 0 amide bonds. The van der Waals surface area contributed by atoms with Crippen molar-refractivity contribution in [2.75, 3.05) is 0 Å². The summed E-state index contributed by atoms with van der Waals surface area (Å²) in [6, 6.07) is 2.76. The SMILES string of the molecule is CC[C@H](O)[C@H](N)c1cc(F)ccc1O.Cl. The molecule has 0 radical (unpaired) electrons. The summed E-state index contributed by atoms with van der Waals surface area (Å²) in [7, 11) is 0. The normalized spacial score (nSPS) is 14.1. The van der Waals surface area contributed by atoms with Crippen LogP contribution in [-0.4, -0.2) is 16.3 Å². The highest BCUT2D eigenvalue weighted by Crippen LogP contribution is 2.26. The minimum atomic E-state index is -0.775. The number of nitrogens with two attached hydrogens (primary N) is 1. The quantitative estimate of drug-likeness (QED) is 0.748. The summed E-state index contributed by atoms with van der Waals surface area (Å²) in [5.41, 5.74) is 5.88. The number of hydrogen-bond donors (Lipinski definition) is 3. The molecular formula is C10H15ClFNO2. The second-order valence-corrected chi connectivity index (χ2v) is 3.20. The van der Waals surface area contributed by atoms with Crippen LogP contribution >= 0.6 is 12.4 Å². The van der Waals surface area contributed by atoms with Gasteiger partial charge in [0, 0.05) is 5.56 Å². The highest BCUT2D eigenvalue weighted by molar-refractivity contribution is 5.85. The van der Waals surface area contributed by atoms with Gasteiger partial charge >= 0.3 is 0 Å². The molecule has 5 heteroatoms. The number of aliphatic hydroxyl groups excluding tert-OH is 1. The van der Waals surface area contributed by atoms with E-state index < -0.39 is 18.0 Å². The Bertz CT molecular complexity index is 322. The molecule has 0 unspecified atom stereocenters. The Morgan fingerprint density at radius 3 is 2.60 bits per heavy atom. The first-order valence-electron chi connectivity index (χ1n) is 4.48. The van der Waals surface area contributed by atoms with E-state index >= 15 is 0 Å². The second-order valence-electron chi connectivity index (χ2n) is 3.20. The molecule has 1 aromatic rings. The van der Waals surface area contributed by atoms with E-state index in [1.807, 2.05) is 0 Å². The van der Waals surface area contributed by atoms with Crippen LogP contribution in [0.1, 0.15) is 24.9 Å². The molecule has 3 nitrogen and oxygen atoms in total. The first kappa shape index (κ1) is 14.2. The van der Waals surface area contributed by atoms with E-state index in [0.717, 1.165) is 12.1 Å². The molecule has 0 aromatic heterocycles. The monoisotopic (exact) mass is 235 g/mol. The van der Waals surface area contributed by atoms with Crippen LogP contribution in [0.4, 0.5) is 4.39 Å². The highest BCUT2D eigenvalue weighted by atomic mass is 35.5. The summed E-state index contributed by atoms with van der Waals surface area (Å²) >= 11 is 0. The number of phenols is 1. The Hall–Kier alpha value is -0.840. The van der Waals surface area contributed by atoms with E-state index in [0.29, 0.717) is 6.42 Å². The molecule has 0 aliphatic rings. The Labute approximate surface area is 94.1 Å². The average molecular weight is 236 g/mol. The number of hydrogen-bond acceptors (Lipinski definition) is 3. The lowest BCUT2D eigenvalue weighted by Gasteiger charge is -2.18.